The molecule has 3 amide bonds. The van der Waals surface area contributed by atoms with Crippen LogP contribution in [0.25, 0.3) is 0 Å². The molecule has 7 nitrogen and oxygen atoms in total. The summed E-state index contributed by atoms with van der Waals surface area (Å²) in [6.45, 7) is 1.87. The lowest BCUT2D eigenvalue weighted by atomic mass is 9.90. The minimum atomic E-state index is -0.591. The first-order valence-electron chi connectivity index (χ1n) is 12.2. The molecule has 192 valence electrons. The second kappa shape index (κ2) is 11.3. The average Bonchev–Trinajstić information content (AvgIpc) is 3.05. The Balaban J connectivity index is 1.62. The summed E-state index contributed by atoms with van der Waals surface area (Å²) in [6, 6.07) is 18.2. The lowest BCUT2D eigenvalue weighted by Crippen LogP contribution is -2.41. The van der Waals surface area contributed by atoms with Crippen molar-refractivity contribution in [2.75, 3.05) is 24.4 Å². The molecule has 3 aromatic carbocycles. The third-order valence-electron chi connectivity index (χ3n) is 6.72. The first-order chi connectivity index (χ1) is 17.8. The monoisotopic (exact) mass is 503 g/mol. The molecular weight excluding hydrogens is 473 g/mol. The number of benzene rings is 3. The van der Waals surface area contributed by atoms with Crippen molar-refractivity contribution in [1.29, 1.82) is 0 Å². The summed E-state index contributed by atoms with van der Waals surface area (Å²) >= 11 is 0. The van der Waals surface area contributed by atoms with Crippen molar-refractivity contribution in [2.24, 2.45) is 0 Å². The highest BCUT2D eigenvalue weighted by Gasteiger charge is 2.34. The molecule has 0 fully saturated rings. The summed E-state index contributed by atoms with van der Waals surface area (Å²) in [4.78, 5) is 40.1. The molecule has 3 aromatic rings. The van der Waals surface area contributed by atoms with Crippen LogP contribution in [0.5, 0.6) is 0 Å². The molecule has 0 saturated heterocycles. The van der Waals surface area contributed by atoms with E-state index in [9.17, 15) is 18.8 Å². The number of aryl methyl sites for hydroxylation is 1. The van der Waals surface area contributed by atoms with Crippen molar-refractivity contribution >= 4 is 29.1 Å². The number of fused-ring (bicyclic) bond motifs is 1. The number of nitrogens with one attached hydrogen (secondary N) is 2. The van der Waals surface area contributed by atoms with Crippen LogP contribution in [0.1, 0.15) is 57.0 Å². The first-order valence-corrected chi connectivity index (χ1v) is 12.2. The second-order valence-electron chi connectivity index (χ2n) is 9.07. The van der Waals surface area contributed by atoms with Crippen LogP contribution in [-0.2, 0) is 9.53 Å². The molecule has 2 N–H and O–H groups in total. The van der Waals surface area contributed by atoms with Gasteiger partial charge in [0.05, 0.1) is 5.69 Å². The van der Waals surface area contributed by atoms with Gasteiger partial charge in [-0.2, -0.15) is 0 Å². The van der Waals surface area contributed by atoms with Crippen LogP contribution >= 0.6 is 0 Å². The van der Waals surface area contributed by atoms with Gasteiger partial charge in [0, 0.05) is 37.4 Å². The molecule has 1 aliphatic heterocycles. The number of amides is 3. The van der Waals surface area contributed by atoms with Crippen molar-refractivity contribution in [3.05, 3.63) is 94.8 Å². The lowest BCUT2D eigenvalue weighted by molar-refractivity contribution is -0.121. The van der Waals surface area contributed by atoms with Crippen LogP contribution < -0.4 is 15.5 Å². The van der Waals surface area contributed by atoms with E-state index >= 15 is 0 Å². The van der Waals surface area contributed by atoms with E-state index in [0.717, 1.165) is 5.56 Å². The van der Waals surface area contributed by atoms with Crippen LogP contribution in [0.4, 0.5) is 15.8 Å². The summed E-state index contributed by atoms with van der Waals surface area (Å²) in [7, 11) is 3.09. The number of halogens is 1. The SMILES string of the molecule is CNC(=O)CC1CCC(OC)N(C(=O)c2ccc(NC(=O)c3ccccc3C)cc2)c2ccc(F)cc21. The molecule has 0 aliphatic carbocycles. The maximum Gasteiger partial charge on any atom is 0.260 e. The van der Waals surface area contributed by atoms with Crippen molar-refractivity contribution in [3.8, 4) is 0 Å². The number of hydrogen-bond donors (Lipinski definition) is 2. The summed E-state index contributed by atoms with van der Waals surface area (Å²) in [5.74, 6) is -1.41. The van der Waals surface area contributed by atoms with E-state index in [2.05, 4.69) is 10.6 Å². The van der Waals surface area contributed by atoms with E-state index in [1.807, 2.05) is 19.1 Å². The molecule has 1 aliphatic rings. The average molecular weight is 504 g/mol. The van der Waals surface area contributed by atoms with Gasteiger partial charge in [-0.25, -0.2) is 4.39 Å². The number of carbonyl (C=O) groups is 3. The Bertz CT molecular complexity index is 1310. The number of carbonyl (C=O) groups excluding carboxylic acids is 3. The highest BCUT2D eigenvalue weighted by molar-refractivity contribution is 6.08. The normalized spacial score (nSPS) is 16.9. The second-order valence-corrected chi connectivity index (χ2v) is 9.07. The molecule has 0 saturated carbocycles. The van der Waals surface area contributed by atoms with Gasteiger partial charge in [-0.3, -0.25) is 19.3 Å². The molecule has 1 heterocycles. The zero-order valence-electron chi connectivity index (χ0n) is 21.1. The zero-order chi connectivity index (χ0) is 26.5. The van der Waals surface area contributed by atoms with Crippen molar-refractivity contribution < 1.29 is 23.5 Å². The third kappa shape index (κ3) is 5.70. The molecular formula is C29H30FN3O4. The number of anilines is 2. The van der Waals surface area contributed by atoms with Crippen molar-refractivity contribution in [1.82, 2.24) is 5.32 Å². The third-order valence-corrected chi connectivity index (χ3v) is 6.72. The van der Waals surface area contributed by atoms with E-state index in [0.29, 0.717) is 40.9 Å². The Hall–Kier alpha value is -4.04. The topological polar surface area (TPSA) is 87.7 Å². The van der Waals surface area contributed by atoms with Gasteiger partial charge in [-0.15, -0.1) is 0 Å². The summed E-state index contributed by atoms with van der Waals surface area (Å²) < 4.78 is 20.0. The molecule has 2 atom stereocenters. The van der Waals surface area contributed by atoms with Gasteiger partial charge in [-0.1, -0.05) is 18.2 Å². The Labute approximate surface area is 215 Å². The van der Waals surface area contributed by atoms with E-state index in [1.165, 1.54) is 24.1 Å². The zero-order valence-corrected chi connectivity index (χ0v) is 21.1. The van der Waals surface area contributed by atoms with Crippen LogP contribution in [0, 0.1) is 12.7 Å². The summed E-state index contributed by atoms with van der Waals surface area (Å²) in [5, 5.41) is 5.48. The fraction of sp³-hybridized carbons (Fsp3) is 0.276. The molecule has 0 aromatic heterocycles. The van der Waals surface area contributed by atoms with Gasteiger partial charge in [0.1, 0.15) is 12.0 Å². The molecule has 0 bridgehead atoms. The molecule has 2 unspecified atom stereocenters. The maximum absolute atomic E-state index is 14.3. The predicted molar refractivity (Wildman–Crippen MR) is 140 cm³/mol. The standard InChI is InChI=1S/C29H30FN3O4/c1-18-6-4-5-7-23(18)28(35)32-22-12-8-19(9-13-22)29(36)33-25-14-11-21(30)17-24(25)20(16-26(34)31-2)10-15-27(33)37-3/h4-9,11-14,17,20,27H,10,15-16H2,1-3H3,(H,31,34)(H,32,35). The van der Waals surface area contributed by atoms with Crippen LogP contribution in [0.15, 0.2) is 66.7 Å². The fourth-order valence-electron chi connectivity index (χ4n) is 4.72. The number of hydrogen-bond acceptors (Lipinski definition) is 4. The largest absolute Gasteiger partial charge is 0.361 e. The number of ether oxygens (including phenoxy) is 1. The minimum Gasteiger partial charge on any atom is -0.361 e. The maximum atomic E-state index is 14.3. The minimum absolute atomic E-state index is 0.155. The first kappa shape index (κ1) is 26.0. The van der Waals surface area contributed by atoms with Crippen molar-refractivity contribution in [3.63, 3.8) is 0 Å². The Morgan fingerprint density at radius 1 is 1.03 bits per heavy atom. The van der Waals surface area contributed by atoms with E-state index in [1.54, 1.807) is 49.5 Å². The van der Waals surface area contributed by atoms with Crippen molar-refractivity contribution in [2.45, 2.75) is 38.3 Å². The Morgan fingerprint density at radius 3 is 2.43 bits per heavy atom. The molecule has 0 radical (unpaired) electrons. The lowest BCUT2D eigenvalue weighted by Gasteiger charge is -2.30. The van der Waals surface area contributed by atoms with Crippen LogP contribution in [0.2, 0.25) is 0 Å². The molecule has 0 spiro atoms. The van der Waals surface area contributed by atoms with E-state index < -0.39 is 12.0 Å². The van der Waals surface area contributed by atoms with Gasteiger partial charge < -0.3 is 15.4 Å². The van der Waals surface area contributed by atoms with E-state index in [-0.39, 0.29) is 30.1 Å². The quantitative estimate of drug-likeness (QED) is 0.495. The Kier molecular flexibility index (Phi) is 7.98. The van der Waals surface area contributed by atoms with Crippen LogP contribution in [0.3, 0.4) is 0 Å². The summed E-state index contributed by atoms with van der Waals surface area (Å²) in [5.41, 5.74) is 3.49. The van der Waals surface area contributed by atoms with Gasteiger partial charge >= 0.3 is 0 Å². The highest BCUT2D eigenvalue weighted by Crippen LogP contribution is 2.40. The van der Waals surface area contributed by atoms with Crippen LogP contribution in [-0.4, -0.2) is 38.1 Å². The van der Waals surface area contributed by atoms with Gasteiger partial charge in [0.2, 0.25) is 5.91 Å². The van der Waals surface area contributed by atoms with Gasteiger partial charge in [0.25, 0.3) is 11.8 Å². The predicted octanol–water partition coefficient (Wildman–Crippen LogP) is 5.02. The molecule has 37 heavy (non-hydrogen) atoms. The highest BCUT2D eigenvalue weighted by atomic mass is 19.1. The smallest absolute Gasteiger partial charge is 0.260 e. The number of nitrogens with zero attached hydrogens (tertiary/aromatic N) is 1. The Morgan fingerprint density at radius 2 is 1.76 bits per heavy atom. The van der Waals surface area contributed by atoms with E-state index in [4.69, 9.17) is 4.74 Å². The fourth-order valence-corrected chi connectivity index (χ4v) is 4.72. The van der Waals surface area contributed by atoms with Gasteiger partial charge in [-0.05, 0) is 85.3 Å². The number of rotatable bonds is 6. The van der Waals surface area contributed by atoms with Gasteiger partial charge in [0.15, 0.2) is 0 Å². The molecule has 8 heteroatoms. The number of methoxy groups -OCH3 is 1. The summed E-state index contributed by atoms with van der Waals surface area (Å²) in [6.07, 6.45) is 0.619. The molecule has 4 rings (SSSR count).